The molecule has 9 heteroatoms. The van der Waals surface area contributed by atoms with E-state index in [0.717, 1.165) is 73.3 Å². The highest BCUT2D eigenvalue weighted by molar-refractivity contribution is 6.33. The summed E-state index contributed by atoms with van der Waals surface area (Å²) >= 11 is 6.60. The lowest BCUT2D eigenvalue weighted by atomic mass is 10.0. The molecule has 208 valence electrons. The van der Waals surface area contributed by atoms with Crippen LogP contribution in [0, 0.1) is 0 Å². The van der Waals surface area contributed by atoms with Crippen LogP contribution in [0.3, 0.4) is 0 Å². The fraction of sp³-hybridized carbons (Fsp3) is 0.419. The minimum atomic E-state index is -0.156. The lowest BCUT2D eigenvalue weighted by Crippen LogP contribution is -2.44. The summed E-state index contributed by atoms with van der Waals surface area (Å²) in [7, 11) is 1.66. The number of benzene rings is 2. The number of hydrogen-bond donors (Lipinski definition) is 3. The number of ether oxygens (including phenoxy) is 1. The normalized spacial score (nSPS) is 20.4. The van der Waals surface area contributed by atoms with Gasteiger partial charge in [-0.1, -0.05) is 11.6 Å². The SMILES string of the molecule is COc1ccc2c(-c3nc(Nc4cc(C5CC5)cc(N5CCC(N6CC[C@H](O)C6)CC5)c4)ncc3Cl)c[nH]c2c1. The van der Waals surface area contributed by atoms with Gasteiger partial charge >= 0.3 is 0 Å². The Morgan fingerprint density at radius 2 is 1.90 bits per heavy atom. The summed E-state index contributed by atoms with van der Waals surface area (Å²) in [5.74, 6) is 1.95. The summed E-state index contributed by atoms with van der Waals surface area (Å²) in [6, 6.07) is 13.3. The molecule has 0 unspecified atom stereocenters. The summed E-state index contributed by atoms with van der Waals surface area (Å²) in [6.07, 6.45) is 9.09. The van der Waals surface area contributed by atoms with Crippen molar-refractivity contribution in [3.05, 3.63) is 59.4 Å². The first-order valence-electron chi connectivity index (χ1n) is 14.3. The number of likely N-dealkylation sites (tertiary alicyclic amines) is 1. The van der Waals surface area contributed by atoms with Crippen molar-refractivity contribution >= 4 is 39.8 Å². The Kier molecular flexibility index (Phi) is 6.78. The third-order valence-electron chi connectivity index (χ3n) is 8.67. The molecule has 8 nitrogen and oxygen atoms in total. The topological polar surface area (TPSA) is 89.5 Å². The quantitative estimate of drug-likeness (QED) is 0.258. The van der Waals surface area contributed by atoms with Crippen molar-refractivity contribution < 1.29 is 9.84 Å². The molecule has 7 rings (SSSR count). The number of halogens is 1. The molecule has 4 aromatic rings. The van der Waals surface area contributed by atoms with E-state index >= 15 is 0 Å². The second-order valence-electron chi connectivity index (χ2n) is 11.4. The number of aliphatic hydroxyl groups is 1. The fourth-order valence-corrected chi connectivity index (χ4v) is 6.50. The first kappa shape index (κ1) is 25.6. The molecule has 0 radical (unpaired) electrons. The van der Waals surface area contributed by atoms with Crippen LogP contribution in [-0.2, 0) is 0 Å². The lowest BCUT2D eigenvalue weighted by molar-refractivity contribution is 0.148. The predicted molar refractivity (Wildman–Crippen MR) is 160 cm³/mol. The Morgan fingerprint density at radius 3 is 2.65 bits per heavy atom. The number of piperidine rings is 1. The number of rotatable bonds is 7. The zero-order chi connectivity index (χ0) is 27.2. The average molecular weight is 559 g/mol. The van der Waals surface area contributed by atoms with Crippen LogP contribution in [-0.4, -0.2) is 70.4 Å². The Labute approximate surface area is 239 Å². The van der Waals surface area contributed by atoms with Crippen LogP contribution in [0.25, 0.3) is 22.2 Å². The van der Waals surface area contributed by atoms with Gasteiger partial charge in [-0.05, 0) is 73.9 Å². The molecule has 2 aromatic carbocycles. The summed E-state index contributed by atoms with van der Waals surface area (Å²) in [5, 5.41) is 15.0. The number of β-amino-alcohol motifs (C(OH)–C–C–N with tert-alkyl or cyclic N) is 1. The van der Waals surface area contributed by atoms with Gasteiger partial charge in [-0.25, -0.2) is 9.97 Å². The molecule has 2 saturated heterocycles. The zero-order valence-corrected chi connectivity index (χ0v) is 23.5. The molecule has 0 spiro atoms. The van der Waals surface area contributed by atoms with E-state index in [1.165, 1.54) is 24.1 Å². The molecular formula is C31H35ClN6O2. The predicted octanol–water partition coefficient (Wildman–Crippen LogP) is 5.94. The van der Waals surface area contributed by atoms with Crippen LogP contribution in [0.4, 0.5) is 17.3 Å². The van der Waals surface area contributed by atoms with Gasteiger partial charge in [0.25, 0.3) is 0 Å². The number of nitrogens with zero attached hydrogens (tertiary/aromatic N) is 4. The highest BCUT2D eigenvalue weighted by Crippen LogP contribution is 2.43. The van der Waals surface area contributed by atoms with Crippen molar-refractivity contribution in [3.8, 4) is 17.0 Å². The summed E-state index contributed by atoms with van der Waals surface area (Å²) in [5.41, 5.74) is 6.21. The first-order chi connectivity index (χ1) is 19.5. The number of methoxy groups -OCH3 is 1. The number of aliphatic hydroxyl groups excluding tert-OH is 1. The van der Waals surface area contributed by atoms with Gasteiger partial charge in [0.05, 0.1) is 30.1 Å². The van der Waals surface area contributed by atoms with Gasteiger partial charge in [-0.2, -0.15) is 0 Å². The van der Waals surface area contributed by atoms with Gasteiger partial charge in [-0.3, -0.25) is 4.90 Å². The molecule has 1 aliphatic carbocycles. The van der Waals surface area contributed by atoms with Gasteiger partial charge < -0.3 is 25.0 Å². The van der Waals surface area contributed by atoms with E-state index in [9.17, 15) is 5.11 Å². The number of hydrogen-bond acceptors (Lipinski definition) is 7. The van der Waals surface area contributed by atoms with Crippen molar-refractivity contribution in [2.75, 3.05) is 43.5 Å². The van der Waals surface area contributed by atoms with Crippen molar-refractivity contribution in [1.29, 1.82) is 0 Å². The van der Waals surface area contributed by atoms with E-state index in [4.69, 9.17) is 21.3 Å². The van der Waals surface area contributed by atoms with Gasteiger partial charge in [-0.15, -0.1) is 0 Å². The van der Waals surface area contributed by atoms with Gasteiger partial charge in [0, 0.05) is 72.3 Å². The summed E-state index contributed by atoms with van der Waals surface area (Å²) < 4.78 is 5.37. The number of aromatic amines is 1. The maximum atomic E-state index is 9.97. The molecule has 2 aromatic heterocycles. The molecule has 0 amide bonds. The number of fused-ring (bicyclic) bond motifs is 1. The maximum absolute atomic E-state index is 9.97. The van der Waals surface area contributed by atoms with Crippen LogP contribution in [0.2, 0.25) is 5.02 Å². The van der Waals surface area contributed by atoms with E-state index in [2.05, 4.69) is 43.3 Å². The summed E-state index contributed by atoms with van der Waals surface area (Å²) in [4.78, 5) is 17.7. The lowest BCUT2D eigenvalue weighted by Gasteiger charge is -2.38. The first-order valence-corrected chi connectivity index (χ1v) is 14.7. The van der Waals surface area contributed by atoms with Crippen LogP contribution < -0.4 is 15.0 Å². The highest BCUT2D eigenvalue weighted by atomic mass is 35.5. The Balaban J connectivity index is 1.13. The minimum Gasteiger partial charge on any atom is -0.497 e. The Bertz CT molecular complexity index is 1530. The van der Waals surface area contributed by atoms with Crippen molar-refractivity contribution in [2.24, 2.45) is 0 Å². The van der Waals surface area contributed by atoms with E-state index in [0.29, 0.717) is 28.6 Å². The largest absolute Gasteiger partial charge is 0.497 e. The second-order valence-corrected chi connectivity index (χ2v) is 11.8. The molecule has 3 fully saturated rings. The van der Waals surface area contributed by atoms with Crippen molar-refractivity contribution in [2.45, 2.75) is 50.2 Å². The average Bonchev–Trinajstić information content (AvgIpc) is 3.62. The molecule has 3 aliphatic rings. The van der Waals surface area contributed by atoms with E-state index < -0.39 is 0 Å². The maximum Gasteiger partial charge on any atom is 0.227 e. The number of nitrogens with one attached hydrogen (secondary N) is 2. The summed E-state index contributed by atoms with van der Waals surface area (Å²) in [6.45, 7) is 3.90. The number of aromatic nitrogens is 3. The molecule has 3 N–H and O–H groups in total. The molecule has 0 bridgehead atoms. The molecule has 4 heterocycles. The van der Waals surface area contributed by atoms with Crippen LogP contribution in [0.1, 0.15) is 43.6 Å². The standard InChI is InChI=1S/C31H35ClN6O2/c1-40-25-4-5-26-27(16-33-29(26)15-25)30-28(32)17-34-31(36-30)35-21-12-20(19-2-3-19)13-23(14-21)37-9-6-22(7-10-37)38-11-8-24(39)18-38/h4-5,12-17,19,22,24,33,39H,2-3,6-11,18H2,1H3,(H,34,35,36)/t24-/m0/s1. The minimum absolute atomic E-state index is 0.156. The fourth-order valence-electron chi connectivity index (χ4n) is 6.30. The number of anilines is 3. The van der Waals surface area contributed by atoms with Crippen molar-refractivity contribution in [3.63, 3.8) is 0 Å². The Morgan fingerprint density at radius 1 is 1.05 bits per heavy atom. The monoisotopic (exact) mass is 558 g/mol. The third kappa shape index (κ3) is 5.11. The zero-order valence-electron chi connectivity index (χ0n) is 22.7. The van der Waals surface area contributed by atoms with Crippen LogP contribution >= 0.6 is 11.6 Å². The van der Waals surface area contributed by atoms with Crippen LogP contribution in [0.5, 0.6) is 5.75 Å². The molecular weight excluding hydrogens is 524 g/mol. The Hall–Kier alpha value is -3.33. The smallest absolute Gasteiger partial charge is 0.227 e. The second kappa shape index (κ2) is 10.6. The number of H-pyrrole nitrogens is 1. The van der Waals surface area contributed by atoms with Gasteiger partial charge in [0.1, 0.15) is 5.75 Å². The van der Waals surface area contributed by atoms with E-state index in [1.54, 1.807) is 13.3 Å². The molecule has 1 atom stereocenters. The van der Waals surface area contributed by atoms with E-state index in [-0.39, 0.29) is 6.10 Å². The molecule has 2 aliphatic heterocycles. The van der Waals surface area contributed by atoms with Crippen LogP contribution in [0.15, 0.2) is 48.8 Å². The van der Waals surface area contributed by atoms with E-state index in [1.807, 2.05) is 24.4 Å². The molecule has 40 heavy (non-hydrogen) atoms. The van der Waals surface area contributed by atoms with Crippen molar-refractivity contribution in [1.82, 2.24) is 19.9 Å². The van der Waals surface area contributed by atoms with Gasteiger partial charge in [0.2, 0.25) is 5.95 Å². The van der Waals surface area contributed by atoms with Gasteiger partial charge in [0.15, 0.2) is 0 Å². The third-order valence-corrected chi connectivity index (χ3v) is 8.95. The highest BCUT2D eigenvalue weighted by Gasteiger charge is 2.31. The molecule has 1 saturated carbocycles.